The quantitative estimate of drug-likeness (QED) is 0.491. The molecule has 0 spiro atoms. The van der Waals surface area contributed by atoms with Crippen molar-refractivity contribution in [1.82, 2.24) is 14.9 Å². The van der Waals surface area contributed by atoms with Crippen molar-refractivity contribution in [2.24, 2.45) is 0 Å². The predicted octanol–water partition coefficient (Wildman–Crippen LogP) is 4.21. The van der Waals surface area contributed by atoms with Gasteiger partial charge in [-0.15, -0.1) is 11.3 Å². The molecule has 12 heteroatoms. The summed E-state index contributed by atoms with van der Waals surface area (Å²) in [4.78, 5) is 27.6. The molecule has 5 rings (SSSR count). The Hall–Kier alpha value is -2.05. The fraction of sp³-hybridized carbons (Fsp3) is 0.435. The molecule has 5 heterocycles. The Morgan fingerprint density at radius 3 is 2.69 bits per heavy atom. The third kappa shape index (κ3) is 5.69. The van der Waals surface area contributed by atoms with Crippen LogP contribution in [0.4, 0.5) is 10.1 Å². The van der Waals surface area contributed by atoms with Crippen LogP contribution in [0.15, 0.2) is 29.8 Å². The third-order valence-corrected chi connectivity index (χ3v) is 9.91. The first kappa shape index (κ1) is 24.6. The van der Waals surface area contributed by atoms with Gasteiger partial charge in [-0.1, -0.05) is 22.9 Å². The van der Waals surface area contributed by atoms with Crippen molar-refractivity contribution in [1.29, 1.82) is 0 Å². The summed E-state index contributed by atoms with van der Waals surface area (Å²) in [6, 6.07) is 5.69. The highest BCUT2D eigenvalue weighted by Gasteiger charge is 2.30. The Kier molecular flexibility index (Phi) is 7.68. The number of carbonyl (C=O) groups excluding carboxylic acids is 1. The van der Waals surface area contributed by atoms with Gasteiger partial charge in [0.05, 0.1) is 17.0 Å². The molecule has 8 nitrogen and oxygen atoms in total. The lowest BCUT2D eigenvalue weighted by Gasteiger charge is -2.40. The number of hydrogen-bond acceptors (Lipinski definition) is 9. The van der Waals surface area contributed by atoms with Crippen molar-refractivity contribution in [2.45, 2.75) is 18.9 Å². The van der Waals surface area contributed by atoms with Crippen LogP contribution >= 0.6 is 34.3 Å². The number of aromatic nitrogens is 2. The molecule has 1 amide bonds. The Morgan fingerprint density at radius 1 is 1.23 bits per heavy atom. The minimum atomic E-state index is -0.656. The molecule has 3 aromatic heterocycles. The maximum absolute atomic E-state index is 12.9. The number of ether oxygens (including phenoxy) is 1. The van der Waals surface area contributed by atoms with Crippen molar-refractivity contribution >= 4 is 61.1 Å². The number of hydrogen-bond donors (Lipinski definition) is 1. The van der Waals surface area contributed by atoms with Gasteiger partial charge in [-0.3, -0.25) is 19.2 Å². The van der Waals surface area contributed by atoms with Gasteiger partial charge < -0.3 is 9.64 Å². The molecule has 0 unspecified atom stereocenters. The number of piperidine rings is 1. The predicted molar refractivity (Wildman–Crippen MR) is 144 cm³/mol. The number of carbonyl (C=O) groups is 1. The number of thiophene rings is 1. The number of anilines is 2. The second kappa shape index (κ2) is 10.9. The van der Waals surface area contributed by atoms with E-state index in [1.807, 2.05) is 11.4 Å². The van der Waals surface area contributed by atoms with Crippen LogP contribution in [0, 0.1) is 0 Å². The first-order valence-electron chi connectivity index (χ1n) is 11.4. The average molecular weight is 552 g/mol. The number of rotatable bonds is 6. The SMILES string of the molecule is COc1cc(C(=O)Nc2nc(-c3cc(Cl)cs3)c(N3CCC(N4CCS(=O)CC4)CC3)s2)ccn1. The second-order valence-corrected chi connectivity index (χ2v) is 12.5. The number of amides is 1. The van der Waals surface area contributed by atoms with Gasteiger partial charge in [-0.2, -0.15) is 0 Å². The maximum Gasteiger partial charge on any atom is 0.257 e. The van der Waals surface area contributed by atoms with E-state index in [1.165, 1.54) is 18.4 Å². The smallest absolute Gasteiger partial charge is 0.257 e. The number of halogens is 1. The standard InChI is InChI=1S/C23H26ClN5O3S3/c1-32-19-12-15(2-5-25-19)21(30)27-23-26-20(18-13-16(24)14-33-18)22(34-23)29-6-3-17(4-7-29)28-8-10-35(31)11-9-28/h2,5,12-14,17H,3-4,6-11H2,1H3,(H,26,27,30). The number of pyridine rings is 1. The monoisotopic (exact) mass is 551 g/mol. The van der Waals surface area contributed by atoms with Gasteiger partial charge in [0.25, 0.3) is 5.91 Å². The lowest BCUT2D eigenvalue weighted by molar-refractivity contribution is 0.102. The van der Waals surface area contributed by atoms with Gasteiger partial charge in [-0.05, 0) is 25.0 Å². The molecule has 0 radical (unpaired) electrons. The minimum absolute atomic E-state index is 0.261. The number of thiazole rings is 1. The zero-order chi connectivity index (χ0) is 24.4. The zero-order valence-corrected chi connectivity index (χ0v) is 22.4. The molecule has 2 aliphatic rings. The highest BCUT2D eigenvalue weighted by Crippen LogP contribution is 2.43. The van der Waals surface area contributed by atoms with Gasteiger partial charge in [0.2, 0.25) is 5.88 Å². The van der Waals surface area contributed by atoms with Gasteiger partial charge in [0, 0.05) is 77.7 Å². The first-order chi connectivity index (χ1) is 17.0. The van der Waals surface area contributed by atoms with E-state index in [4.69, 9.17) is 21.3 Å². The Morgan fingerprint density at radius 2 is 2.00 bits per heavy atom. The van der Waals surface area contributed by atoms with E-state index in [-0.39, 0.29) is 5.91 Å². The Bertz CT molecular complexity index is 1210. The summed E-state index contributed by atoms with van der Waals surface area (Å²) < 4.78 is 16.9. The zero-order valence-electron chi connectivity index (χ0n) is 19.2. The highest BCUT2D eigenvalue weighted by atomic mass is 35.5. The van der Waals surface area contributed by atoms with Gasteiger partial charge in [0.15, 0.2) is 5.13 Å². The molecule has 35 heavy (non-hydrogen) atoms. The van der Waals surface area contributed by atoms with Crippen molar-refractivity contribution < 1.29 is 13.7 Å². The maximum atomic E-state index is 12.9. The molecule has 0 saturated carbocycles. The number of nitrogens with one attached hydrogen (secondary N) is 1. The fourth-order valence-corrected chi connectivity index (χ4v) is 7.70. The summed E-state index contributed by atoms with van der Waals surface area (Å²) in [6.07, 6.45) is 3.64. The topological polar surface area (TPSA) is 87.7 Å². The molecule has 2 fully saturated rings. The molecule has 3 aromatic rings. The van der Waals surface area contributed by atoms with Crippen LogP contribution in [-0.4, -0.2) is 75.8 Å². The molecule has 0 aromatic carbocycles. The van der Waals surface area contributed by atoms with Crippen LogP contribution in [0.5, 0.6) is 5.88 Å². The molecule has 0 aliphatic carbocycles. The summed E-state index contributed by atoms with van der Waals surface area (Å²) in [6.45, 7) is 3.67. The molecular weight excluding hydrogens is 526 g/mol. The molecule has 186 valence electrons. The first-order valence-corrected chi connectivity index (χ1v) is 15.0. The molecule has 2 aliphatic heterocycles. The summed E-state index contributed by atoms with van der Waals surface area (Å²) in [7, 11) is 0.863. The highest BCUT2D eigenvalue weighted by molar-refractivity contribution is 7.85. The number of nitrogens with zero attached hydrogens (tertiary/aromatic N) is 4. The van der Waals surface area contributed by atoms with Gasteiger partial charge in [0.1, 0.15) is 10.7 Å². The van der Waals surface area contributed by atoms with E-state index < -0.39 is 10.8 Å². The van der Waals surface area contributed by atoms with Crippen molar-refractivity contribution in [3.05, 3.63) is 40.4 Å². The van der Waals surface area contributed by atoms with E-state index in [0.717, 1.165) is 66.1 Å². The average Bonchev–Trinajstić information content (AvgIpc) is 3.50. The van der Waals surface area contributed by atoms with E-state index in [1.54, 1.807) is 29.7 Å². The summed E-state index contributed by atoms with van der Waals surface area (Å²) in [5.41, 5.74) is 1.30. The summed E-state index contributed by atoms with van der Waals surface area (Å²) in [5, 5.41) is 7.11. The van der Waals surface area contributed by atoms with Crippen molar-refractivity contribution in [2.75, 3.05) is 55.0 Å². The Labute approximate surface area is 219 Å². The largest absolute Gasteiger partial charge is 0.481 e. The molecule has 0 bridgehead atoms. The molecule has 2 saturated heterocycles. The van der Waals surface area contributed by atoms with E-state index in [2.05, 4.69) is 20.1 Å². The van der Waals surface area contributed by atoms with E-state index in [0.29, 0.717) is 27.6 Å². The van der Waals surface area contributed by atoms with Crippen LogP contribution < -0.4 is 15.0 Å². The normalized spacial score (nSPS) is 18.1. The van der Waals surface area contributed by atoms with Crippen LogP contribution in [-0.2, 0) is 10.8 Å². The lowest BCUT2D eigenvalue weighted by atomic mass is 10.0. The minimum Gasteiger partial charge on any atom is -0.481 e. The number of methoxy groups -OCH3 is 1. The van der Waals surface area contributed by atoms with Crippen LogP contribution in [0.1, 0.15) is 23.2 Å². The third-order valence-electron chi connectivity index (χ3n) is 6.32. The van der Waals surface area contributed by atoms with Gasteiger partial charge >= 0.3 is 0 Å². The van der Waals surface area contributed by atoms with E-state index >= 15 is 0 Å². The van der Waals surface area contributed by atoms with Crippen LogP contribution in [0.2, 0.25) is 5.02 Å². The second-order valence-electron chi connectivity index (χ2n) is 8.45. The molecule has 0 atom stereocenters. The summed E-state index contributed by atoms with van der Waals surface area (Å²) >= 11 is 9.26. The fourth-order valence-electron chi connectivity index (χ4n) is 4.46. The van der Waals surface area contributed by atoms with E-state index in [9.17, 15) is 9.00 Å². The van der Waals surface area contributed by atoms with Gasteiger partial charge in [-0.25, -0.2) is 9.97 Å². The Balaban J connectivity index is 1.34. The van der Waals surface area contributed by atoms with Crippen LogP contribution in [0.3, 0.4) is 0 Å². The van der Waals surface area contributed by atoms with Crippen molar-refractivity contribution in [3.63, 3.8) is 0 Å². The lowest BCUT2D eigenvalue weighted by Crippen LogP contribution is -2.49. The molecule has 1 N–H and O–H groups in total. The summed E-state index contributed by atoms with van der Waals surface area (Å²) in [5.74, 6) is 1.69. The molecular formula is C23H26ClN5O3S3. The van der Waals surface area contributed by atoms with Crippen LogP contribution in [0.25, 0.3) is 10.6 Å². The van der Waals surface area contributed by atoms with Crippen molar-refractivity contribution in [3.8, 4) is 16.5 Å².